The highest BCUT2D eigenvalue weighted by Crippen LogP contribution is 2.30. The minimum absolute atomic E-state index is 0.201. The lowest BCUT2D eigenvalue weighted by molar-refractivity contribution is 0.625. The van der Waals surface area contributed by atoms with Crippen molar-refractivity contribution in [3.05, 3.63) is 63.9 Å². The van der Waals surface area contributed by atoms with Gasteiger partial charge < -0.3 is 4.90 Å². The Balaban J connectivity index is 1.86. The van der Waals surface area contributed by atoms with Crippen LogP contribution in [0.3, 0.4) is 0 Å². The third-order valence-corrected chi connectivity index (χ3v) is 4.10. The SMILES string of the molecule is Fc1ccc(CN2CCc3ccccc32)c(Br)c1. The Kier molecular flexibility index (Phi) is 3.08. The van der Waals surface area contributed by atoms with Crippen LogP contribution < -0.4 is 4.90 Å². The van der Waals surface area contributed by atoms with E-state index in [4.69, 9.17) is 0 Å². The third-order valence-electron chi connectivity index (χ3n) is 3.36. The highest BCUT2D eigenvalue weighted by Gasteiger charge is 2.18. The maximum atomic E-state index is 13.1. The van der Waals surface area contributed by atoms with E-state index in [1.54, 1.807) is 0 Å². The average molecular weight is 306 g/mol. The molecule has 2 aromatic carbocycles. The van der Waals surface area contributed by atoms with Crippen LogP contribution in [0.5, 0.6) is 0 Å². The summed E-state index contributed by atoms with van der Waals surface area (Å²) in [6, 6.07) is 13.4. The van der Waals surface area contributed by atoms with Crippen molar-refractivity contribution >= 4 is 21.6 Å². The van der Waals surface area contributed by atoms with Crippen molar-refractivity contribution in [2.75, 3.05) is 11.4 Å². The van der Waals surface area contributed by atoms with E-state index in [9.17, 15) is 4.39 Å². The molecule has 1 aliphatic heterocycles. The lowest BCUT2D eigenvalue weighted by Crippen LogP contribution is -2.19. The number of fused-ring (bicyclic) bond motifs is 1. The predicted octanol–water partition coefficient (Wildman–Crippen LogP) is 4.15. The van der Waals surface area contributed by atoms with Gasteiger partial charge in [-0.05, 0) is 35.7 Å². The fourth-order valence-corrected chi connectivity index (χ4v) is 2.90. The van der Waals surface area contributed by atoms with Crippen molar-refractivity contribution in [1.82, 2.24) is 0 Å². The van der Waals surface area contributed by atoms with Crippen LogP contribution in [0.4, 0.5) is 10.1 Å². The lowest BCUT2D eigenvalue weighted by atomic mass is 10.1. The third kappa shape index (κ3) is 2.15. The monoisotopic (exact) mass is 305 g/mol. The van der Waals surface area contributed by atoms with E-state index in [1.165, 1.54) is 23.4 Å². The molecule has 0 aromatic heterocycles. The fraction of sp³-hybridized carbons (Fsp3) is 0.200. The van der Waals surface area contributed by atoms with E-state index in [0.717, 1.165) is 29.5 Å². The molecule has 0 radical (unpaired) electrons. The Bertz CT molecular complexity index is 582. The van der Waals surface area contributed by atoms with E-state index in [1.807, 2.05) is 6.07 Å². The molecule has 0 aliphatic carbocycles. The summed E-state index contributed by atoms with van der Waals surface area (Å²) in [5.74, 6) is -0.201. The first-order valence-corrected chi connectivity index (χ1v) is 6.80. The second-order valence-electron chi connectivity index (χ2n) is 4.54. The molecule has 1 aliphatic rings. The van der Waals surface area contributed by atoms with Gasteiger partial charge in [0.15, 0.2) is 0 Å². The van der Waals surface area contributed by atoms with Crippen molar-refractivity contribution in [2.24, 2.45) is 0 Å². The second-order valence-corrected chi connectivity index (χ2v) is 5.39. The van der Waals surface area contributed by atoms with Gasteiger partial charge in [-0.1, -0.05) is 40.2 Å². The number of para-hydroxylation sites is 1. The van der Waals surface area contributed by atoms with E-state index in [2.05, 4.69) is 45.1 Å². The Morgan fingerprint density at radius 1 is 1.17 bits per heavy atom. The van der Waals surface area contributed by atoms with Crippen LogP contribution in [0.25, 0.3) is 0 Å². The van der Waals surface area contributed by atoms with E-state index in [-0.39, 0.29) is 5.82 Å². The van der Waals surface area contributed by atoms with Crippen LogP contribution in [0.1, 0.15) is 11.1 Å². The summed E-state index contributed by atoms with van der Waals surface area (Å²) in [6.07, 6.45) is 1.09. The Morgan fingerprint density at radius 3 is 2.83 bits per heavy atom. The van der Waals surface area contributed by atoms with Gasteiger partial charge >= 0.3 is 0 Å². The minimum Gasteiger partial charge on any atom is -0.367 e. The Hall–Kier alpha value is -1.35. The first-order valence-electron chi connectivity index (χ1n) is 6.01. The summed E-state index contributed by atoms with van der Waals surface area (Å²) < 4.78 is 13.9. The Morgan fingerprint density at radius 2 is 2.00 bits per heavy atom. The Labute approximate surface area is 114 Å². The molecule has 0 spiro atoms. The molecule has 0 fully saturated rings. The molecule has 0 saturated carbocycles. The largest absolute Gasteiger partial charge is 0.367 e. The normalized spacial score (nSPS) is 13.8. The molecule has 1 heterocycles. The first kappa shape index (κ1) is 11.7. The molecular weight excluding hydrogens is 293 g/mol. The summed E-state index contributed by atoms with van der Waals surface area (Å²) in [6.45, 7) is 1.85. The molecule has 18 heavy (non-hydrogen) atoms. The van der Waals surface area contributed by atoms with E-state index < -0.39 is 0 Å². The molecule has 3 heteroatoms. The highest BCUT2D eigenvalue weighted by atomic mass is 79.9. The molecule has 0 bridgehead atoms. The molecule has 1 nitrogen and oxygen atoms in total. The lowest BCUT2D eigenvalue weighted by Gasteiger charge is -2.20. The van der Waals surface area contributed by atoms with Crippen LogP contribution >= 0.6 is 15.9 Å². The van der Waals surface area contributed by atoms with Crippen molar-refractivity contribution in [3.8, 4) is 0 Å². The summed E-state index contributed by atoms with van der Waals surface area (Å²) >= 11 is 3.43. The molecule has 0 atom stereocenters. The number of anilines is 1. The van der Waals surface area contributed by atoms with E-state index >= 15 is 0 Å². The minimum atomic E-state index is -0.201. The molecule has 0 amide bonds. The number of benzene rings is 2. The zero-order valence-corrected chi connectivity index (χ0v) is 11.5. The molecule has 0 N–H and O–H groups in total. The number of hydrogen-bond acceptors (Lipinski definition) is 1. The van der Waals surface area contributed by atoms with Crippen molar-refractivity contribution < 1.29 is 4.39 Å². The standard InChI is InChI=1S/C15H13BrFN/c16-14-9-13(17)6-5-12(14)10-18-8-7-11-3-1-2-4-15(11)18/h1-6,9H,7-8,10H2. The van der Waals surface area contributed by atoms with Crippen molar-refractivity contribution in [3.63, 3.8) is 0 Å². The molecule has 92 valence electrons. The van der Waals surface area contributed by atoms with Crippen LogP contribution in [0.15, 0.2) is 46.9 Å². The van der Waals surface area contributed by atoms with Gasteiger partial charge in [0.05, 0.1) is 0 Å². The smallest absolute Gasteiger partial charge is 0.124 e. The highest BCUT2D eigenvalue weighted by molar-refractivity contribution is 9.10. The van der Waals surface area contributed by atoms with Gasteiger partial charge in [0, 0.05) is 23.2 Å². The van der Waals surface area contributed by atoms with Gasteiger partial charge in [-0.25, -0.2) is 4.39 Å². The summed E-state index contributed by atoms with van der Waals surface area (Å²) in [7, 11) is 0. The molecule has 2 aromatic rings. The molecule has 3 rings (SSSR count). The zero-order chi connectivity index (χ0) is 12.5. The van der Waals surface area contributed by atoms with Crippen LogP contribution in [0.2, 0.25) is 0 Å². The van der Waals surface area contributed by atoms with Crippen molar-refractivity contribution in [2.45, 2.75) is 13.0 Å². The average Bonchev–Trinajstić information content (AvgIpc) is 2.76. The second kappa shape index (κ2) is 4.73. The number of hydrogen-bond donors (Lipinski definition) is 0. The van der Waals surface area contributed by atoms with E-state index in [0.29, 0.717) is 0 Å². The number of nitrogens with zero attached hydrogens (tertiary/aromatic N) is 1. The fourth-order valence-electron chi connectivity index (χ4n) is 2.43. The van der Waals surface area contributed by atoms with Crippen LogP contribution in [-0.4, -0.2) is 6.54 Å². The summed E-state index contributed by atoms with van der Waals surface area (Å²) in [4.78, 5) is 2.34. The van der Waals surface area contributed by atoms with Gasteiger partial charge in [-0.2, -0.15) is 0 Å². The predicted molar refractivity (Wildman–Crippen MR) is 75.3 cm³/mol. The van der Waals surface area contributed by atoms with Gasteiger partial charge in [-0.15, -0.1) is 0 Å². The maximum Gasteiger partial charge on any atom is 0.124 e. The topological polar surface area (TPSA) is 3.24 Å². The summed E-state index contributed by atoms with van der Waals surface area (Å²) in [5.41, 5.74) is 3.82. The number of rotatable bonds is 2. The molecule has 0 unspecified atom stereocenters. The summed E-state index contributed by atoms with van der Waals surface area (Å²) in [5, 5.41) is 0. The first-order chi connectivity index (χ1) is 8.74. The maximum absolute atomic E-state index is 13.1. The molecule has 0 saturated heterocycles. The number of halogens is 2. The van der Waals surface area contributed by atoms with Gasteiger partial charge in [-0.3, -0.25) is 0 Å². The zero-order valence-electron chi connectivity index (χ0n) is 9.87. The molecular formula is C15H13BrFN. The van der Waals surface area contributed by atoms with Crippen molar-refractivity contribution in [1.29, 1.82) is 0 Å². The van der Waals surface area contributed by atoms with Crippen LogP contribution in [0, 0.1) is 5.82 Å². The van der Waals surface area contributed by atoms with Crippen LogP contribution in [-0.2, 0) is 13.0 Å². The quantitative estimate of drug-likeness (QED) is 0.805. The van der Waals surface area contributed by atoms with Gasteiger partial charge in [0.25, 0.3) is 0 Å². The van der Waals surface area contributed by atoms with Gasteiger partial charge in [0.2, 0.25) is 0 Å². The van der Waals surface area contributed by atoms with Gasteiger partial charge in [0.1, 0.15) is 5.82 Å².